The topological polar surface area (TPSA) is 56.1 Å². The van der Waals surface area contributed by atoms with E-state index in [9.17, 15) is 10.2 Å². The minimum absolute atomic E-state index is 0.0445. The second kappa shape index (κ2) is 8.84. The molecule has 0 spiro atoms. The molecule has 35 heavy (non-hydrogen) atoms. The smallest absolute Gasteiger partial charge is 0.0682 e. The Hall–Kier alpha value is -4.25. The number of anilines is 2. The lowest BCUT2D eigenvalue weighted by atomic mass is 9.92. The highest BCUT2D eigenvalue weighted by Crippen LogP contribution is 2.36. The van der Waals surface area contributed by atoms with E-state index in [1.165, 1.54) is 26.9 Å². The van der Waals surface area contributed by atoms with Crippen LogP contribution in [0.2, 0.25) is 0 Å². The van der Waals surface area contributed by atoms with Crippen LogP contribution in [0.15, 0.2) is 108 Å². The van der Waals surface area contributed by atoms with E-state index < -0.39 is 0 Å². The Kier molecular flexibility index (Phi) is 5.38. The van der Waals surface area contributed by atoms with Crippen LogP contribution in [0.4, 0.5) is 11.4 Å². The first-order valence-corrected chi connectivity index (χ1v) is 11.7. The van der Waals surface area contributed by atoms with Crippen molar-refractivity contribution in [2.75, 3.05) is 5.01 Å². The van der Waals surface area contributed by atoms with Crippen molar-refractivity contribution in [3.63, 3.8) is 0 Å². The summed E-state index contributed by atoms with van der Waals surface area (Å²) in [6.07, 6.45) is 1.89. The third-order valence-electron chi connectivity index (χ3n) is 6.55. The second-order valence-corrected chi connectivity index (χ2v) is 8.72. The summed E-state index contributed by atoms with van der Waals surface area (Å²) in [5.41, 5.74) is 4.31. The van der Waals surface area contributed by atoms with Crippen LogP contribution in [-0.2, 0) is 13.2 Å². The number of nitrogens with zero attached hydrogens (tertiary/aromatic N) is 2. The molecule has 6 aromatic carbocycles. The molecule has 0 aliphatic carbocycles. The first kappa shape index (κ1) is 21.3. The monoisotopic (exact) mass is 456 g/mol. The van der Waals surface area contributed by atoms with Gasteiger partial charge in [-0.25, -0.2) is 5.01 Å². The quantitative estimate of drug-likeness (QED) is 0.166. The van der Waals surface area contributed by atoms with Gasteiger partial charge in [0, 0.05) is 5.56 Å². The van der Waals surface area contributed by atoms with Gasteiger partial charge in [-0.15, -0.1) is 0 Å². The molecule has 0 aromatic heterocycles. The van der Waals surface area contributed by atoms with Gasteiger partial charge in [-0.1, -0.05) is 78.9 Å². The van der Waals surface area contributed by atoms with Crippen LogP contribution in [0.5, 0.6) is 0 Å². The van der Waals surface area contributed by atoms with Crippen molar-refractivity contribution in [3.05, 3.63) is 120 Å². The molecule has 0 bridgehead atoms. The van der Waals surface area contributed by atoms with Gasteiger partial charge >= 0.3 is 0 Å². The molecule has 0 saturated heterocycles. The fourth-order valence-corrected chi connectivity index (χ4v) is 4.85. The molecule has 2 N–H and O–H groups in total. The van der Waals surface area contributed by atoms with Crippen LogP contribution in [0, 0.1) is 0 Å². The van der Waals surface area contributed by atoms with E-state index in [0.29, 0.717) is 0 Å². The summed E-state index contributed by atoms with van der Waals surface area (Å²) in [7, 11) is 0. The molecule has 0 saturated carbocycles. The highest BCUT2D eigenvalue weighted by Gasteiger charge is 2.12. The van der Waals surface area contributed by atoms with Crippen LogP contribution in [0.25, 0.3) is 32.3 Å². The SMILES string of the molecule is OCc1cccc(N(N=Cc2ccc3ccc4cccc5ccc2c3c45)c2cccc(CO)c2)c1. The summed E-state index contributed by atoms with van der Waals surface area (Å²) in [6.45, 7) is -0.0891. The molecular weight excluding hydrogens is 432 g/mol. The maximum absolute atomic E-state index is 9.67. The van der Waals surface area contributed by atoms with E-state index in [-0.39, 0.29) is 13.2 Å². The van der Waals surface area contributed by atoms with Crippen molar-refractivity contribution in [2.24, 2.45) is 5.10 Å². The minimum Gasteiger partial charge on any atom is -0.392 e. The van der Waals surface area contributed by atoms with Crippen molar-refractivity contribution in [1.29, 1.82) is 0 Å². The molecule has 6 rings (SSSR count). The van der Waals surface area contributed by atoms with Crippen molar-refractivity contribution in [3.8, 4) is 0 Å². The Morgan fingerprint density at radius 2 is 1.14 bits per heavy atom. The maximum Gasteiger partial charge on any atom is 0.0682 e. The summed E-state index contributed by atoms with van der Waals surface area (Å²) in [6, 6.07) is 34.8. The molecule has 0 atom stereocenters. The van der Waals surface area contributed by atoms with E-state index in [2.05, 4.69) is 54.6 Å². The fourth-order valence-electron chi connectivity index (χ4n) is 4.85. The van der Waals surface area contributed by atoms with Gasteiger partial charge in [-0.2, -0.15) is 5.10 Å². The average molecular weight is 457 g/mol. The minimum atomic E-state index is -0.0445. The number of aliphatic hydroxyl groups is 2. The first-order valence-electron chi connectivity index (χ1n) is 11.7. The summed E-state index contributed by atoms with van der Waals surface area (Å²) in [5.74, 6) is 0. The van der Waals surface area contributed by atoms with Gasteiger partial charge in [0.15, 0.2) is 0 Å². The van der Waals surface area contributed by atoms with Gasteiger partial charge in [-0.3, -0.25) is 0 Å². The standard InChI is InChI=1S/C31H24N2O2/c34-19-21-4-1-8-27(16-21)33(28-9-2-5-22(17-28)20-35)32-18-26-13-12-25-11-10-23-6-3-7-24-14-15-29(26)31(25)30(23)24/h1-18,34-35H,19-20H2. The fraction of sp³-hybridized carbons (Fsp3) is 0.0645. The van der Waals surface area contributed by atoms with Crippen LogP contribution in [-0.4, -0.2) is 16.4 Å². The zero-order valence-electron chi connectivity index (χ0n) is 19.1. The molecule has 0 heterocycles. The summed E-state index contributed by atoms with van der Waals surface area (Å²) in [5, 5.41) is 33.5. The Balaban J connectivity index is 1.51. The predicted octanol–water partition coefficient (Wildman–Crippen LogP) is 6.74. The van der Waals surface area contributed by atoms with E-state index in [1.54, 1.807) is 0 Å². The van der Waals surface area contributed by atoms with E-state index in [4.69, 9.17) is 5.10 Å². The predicted molar refractivity (Wildman–Crippen MR) is 145 cm³/mol. The molecular formula is C31H24N2O2. The normalized spacial score (nSPS) is 11.8. The largest absolute Gasteiger partial charge is 0.392 e. The third-order valence-corrected chi connectivity index (χ3v) is 6.55. The Morgan fingerprint density at radius 1 is 0.600 bits per heavy atom. The van der Waals surface area contributed by atoms with Gasteiger partial charge in [0.25, 0.3) is 0 Å². The lowest BCUT2D eigenvalue weighted by molar-refractivity contribution is 0.282. The van der Waals surface area contributed by atoms with E-state index in [1.807, 2.05) is 59.8 Å². The van der Waals surface area contributed by atoms with Crippen molar-refractivity contribution in [2.45, 2.75) is 13.2 Å². The van der Waals surface area contributed by atoms with Crippen molar-refractivity contribution in [1.82, 2.24) is 0 Å². The van der Waals surface area contributed by atoms with Crippen molar-refractivity contribution >= 4 is 49.9 Å². The molecule has 4 nitrogen and oxygen atoms in total. The number of hydrogen-bond acceptors (Lipinski definition) is 4. The highest BCUT2D eigenvalue weighted by atomic mass is 16.3. The second-order valence-electron chi connectivity index (χ2n) is 8.72. The molecule has 170 valence electrons. The Labute approximate surface area is 203 Å². The number of hydrogen-bond donors (Lipinski definition) is 2. The summed E-state index contributed by atoms with van der Waals surface area (Å²) in [4.78, 5) is 0. The molecule has 4 heteroatoms. The Morgan fingerprint density at radius 3 is 1.77 bits per heavy atom. The third kappa shape index (κ3) is 3.79. The highest BCUT2D eigenvalue weighted by molar-refractivity contribution is 6.25. The van der Waals surface area contributed by atoms with E-state index in [0.717, 1.165) is 33.5 Å². The molecule has 0 radical (unpaired) electrons. The van der Waals surface area contributed by atoms with Crippen LogP contribution in [0.3, 0.4) is 0 Å². The number of benzene rings is 6. The van der Waals surface area contributed by atoms with Gasteiger partial charge in [0.05, 0.1) is 30.8 Å². The number of rotatable bonds is 6. The van der Waals surface area contributed by atoms with Crippen molar-refractivity contribution < 1.29 is 10.2 Å². The maximum atomic E-state index is 9.67. The number of aliphatic hydroxyl groups excluding tert-OH is 2. The van der Waals surface area contributed by atoms with Crippen LogP contribution < -0.4 is 5.01 Å². The zero-order chi connectivity index (χ0) is 23.8. The zero-order valence-corrected chi connectivity index (χ0v) is 19.1. The lowest BCUT2D eigenvalue weighted by Crippen LogP contribution is -2.10. The Bertz CT molecular complexity index is 1630. The van der Waals surface area contributed by atoms with Crippen LogP contribution in [0.1, 0.15) is 16.7 Å². The molecule has 0 aliphatic rings. The summed E-state index contributed by atoms with van der Waals surface area (Å²) >= 11 is 0. The molecule has 0 unspecified atom stereocenters. The summed E-state index contributed by atoms with van der Waals surface area (Å²) < 4.78 is 0. The molecule has 0 aliphatic heterocycles. The van der Waals surface area contributed by atoms with Gasteiger partial charge < -0.3 is 10.2 Å². The number of hydrazone groups is 1. The molecule has 0 fully saturated rings. The molecule has 0 amide bonds. The van der Waals surface area contributed by atoms with E-state index >= 15 is 0 Å². The average Bonchev–Trinajstić information content (AvgIpc) is 2.92. The molecule has 6 aromatic rings. The van der Waals surface area contributed by atoms with Crippen LogP contribution >= 0.6 is 0 Å². The van der Waals surface area contributed by atoms with Gasteiger partial charge in [0.1, 0.15) is 0 Å². The van der Waals surface area contributed by atoms with Gasteiger partial charge in [0.2, 0.25) is 0 Å². The lowest BCUT2D eigenvalue weighted by Gasteiger charge is -2.21. The van der Waals surface area contributed by atoms with Gasteiger partial charge in [-0.05, 0) is 67.7 Å². The first-order chi connectivity index (χ1) is 17.2.